The van der Waals surface area contributed by atoms with Gasteiger partial charge in [-0.1, -0.05) is 20.8 Å². The zero-order valence-corrected chi connectivity index (χ0v) is 30.5. The Morgan fingerprint density at radius 1 is 0.904 bits per heavy atom. The van der Waals surface area contributed by atoms with Gasteiger partial charge in [-0.15, -0.1) is 0 Å². The number of esters is 5. The van der Waals surface area contributed by atoms with Gasteiger partial charge in [0.05, 0.1) is 25.1 Å². The molecule has 1 spiro atoms. The fourth-order valence-corrected chi connectivity index (χ4v) is 12.5. The molecule has 1 aromatic heterocycles. The Bertz CT molecular complexity index is 1740. The molecule has 0 amide bonds. The van der Waals surface area contributed by atoms with Gasteiger partial charge in [0, 0.05) is 62.8 Å². The van der Waals surface area contributed by atoms with E-state index in [1.54, 1.807) is 26.8 Å². The molecule has 0 unspecified atom stereocenters. The number of carbonyl (C=O) groups excluding carboxylic acids is 5. The molecule has 0 radical (unpaired) electrons. The molecule has 52 heavy (non-hydrogen) atoms. The van der Waals surface area contributed by atoms with Gasteiger partial charge in [0.1, 0.15) is 35.1 Å². The molecule has 2 aliphatic heterocycles. The Morgan fingerprint density at radius 3 is 2.06 bits per heavy atom. The first-order valence-corrected chi connectivity index (χ1v) is 17.3. The maximum absolute atomic E-state index is 14.1. The van der Waals surface area contributed by atoms with Crippen LogP contribution in [0.2, 0.25) is 0 Å². The molecular weight excluding hydrogens is 688 g/mol. The smallest absolute Gasteiger partial charge is 0.305 e. The third-order valence-corrected chi connectivity index (χ3v) is 13.9. The summed E-state index contributed by atoms with van der Waals surface area (Å²) in [4.78, 5) is 65.4. The van der Waals surface area contributed by atoms with Gasteiger partial charge in [0.2, 0.25) is 0 Å². The molecule has 286 valence electrons. The molecule has 3 N–H and O–H groups in total. The minimum atomic E-state index is -2.66. The van der Waals surface area contributed by atoms with Gasteiger partial charge in [0.15, 0.2) is 23.6 Å². The van der Waals surface area contributed by atoms with Crippen LogP contribution in [0.25, 0.3) is 0 Å². The van der Waals surface area contributed by atoms with E-state index < -0.39 is 123 Å². The number of hydrogen-bond acceptors (Lipinski definition) is 16. The fourth-order valence-electron chi connectivity index (χ4n) is 12.5. The largest absolute Gasteiger partial charge is 0.472 e. The van der Waals surface area contributed by atoms with Crippen molar-refractivity contribution in [3.63, 3.8) is 0 Å². The Balaban J connectivity index is 1.62. The summed E-state index contributed by atoms with van der Waals surface area (Å²) in [6.07, 6.45) is -6.29. The second-order valence-corrected chi connectivity index (χ2v) is 16.4. The van der Waals surface area contributed by atoms with Gasteiger partial charge in [-0.25, -0.2) is 0 Å². The van der Waals surface area contributed by atoms with Crippen molar-refractivity contribution in [2.75, 3.05) is 7.11 Å². The predicted molar refractivity (Wildman–Crippen MR) is 169 cm³/mol. The van der Waals surface area contributed by atoms with Crippen LogP contribution in [-0.4, -0.2) is 105 Å². The quantitative estimate of drug-likeness (QED) is 0.254. The van der Waals surface area contributed by atoms with E-state index in [4.69, 9.17) is 37.6 Å². The molecule has 6 aliphatic rings. The van der Waals surface area contributed by atoms with E-state index in [2.05, 4.69) is 0 Å². The maximum Gasteiger partial charge on any atom is 0.305 e. The number of hydrogen-bond donors (Lipinski definition) is 3. The second-order valence-electron chi connectivity index (χ2n) is 16.4. The number of fused-ring (bicyclic) bond motifs is 4. The fraction of sp³-hybridized carbons (Fsp3) is 0.750. The summed E-state index contributed by atoms with van der Waals surface area (Å²) >= 11 is 0. The van der Waals surface area contributed by atoms with Crippen molar-refractivity contribution in [1.82, 2.24) is 0 Å². The first-order chi connectivity index (χ1) is 24.0. The number of methoxy groups -OCH3 is 1. The van der Waals surface area contributed by atoms with E-state index in [-0.39, 0.29) is 12.8 Å². The van der Waals surface area contributed by atoms with Gasteiger partial charge < -0.3 is 52.9 Å². The lowest BCUT2D eigenvalue weighted by Gasteiger charge is -2.77. The molecule has 4 saturated carbocycles. The van der Waals surface area contributed by atoms with Crippen molar-refractivity contribution in [1.29, 1.82) is 0 Å². The van der Waals surface area contributed by atoms with Gasteiger partial charge in [0.25, 0.3) is 0 Å². The minimum absolute atomic E-state index is 0.0652. The van der Waals surface area contributed by atoms with Gasteiger partial charge in [-0.2, -0.15) is 0 Å². The molecule has 1 aromatic rings. The molecule has 4 aliphatic carbocycles. The average Bonchev–Trinajstić information content (AvgIpc) is 3.82. The zero-order chi connectivity index (χ0) is 38.4. The first kappa shape index (κ1) is 36.8. The van der Waals surface area contributed by atoms with E-state index in [0.717, 1.165) is 20.8 Å². The zero-order valence-electron chi connectivity index (χ0n) is 30.5. The van der Waals surface area contributed by atoms with Crippen LogP contribution in [-0.2, 0) is 57.1 Å². The second kappa shape index (κ2) is 10.8. The maximum atomic E-state index is 14.1. The van der Waals surface area contributed by atoms with E-state index in [1.807, 2.05) is 0 Å². The topological polar surface area (TPSA) is 224 Å². The Hall–Kier alpha value is -3.57. The van der Waals surface area contributed by atoms with Crippen LogP contribution in [0.1, 0.15) is 86.3 Å². The van der Waals surface area contributed by atoms with Crippen molar-refractivity contribution in [2.24, 2.45) is 28.1 Å². The van der Waals surface area contributed by atoms with Crippen LogP contribution < -0.4 is 0 Å². The highest BCUT2D eigenvalue weighted by Crippen LogP contribution is 2.86. The number of furan rings is 1. The number of carbonyl (C=O) groups is 5. The van der Waals surface area contributed by atoms with Crippen molar-refractivity contribution < 1.29 is 76.9 Å². The van der Waals surface area contributed by atoms with E-state index in [9.17, 15) is 39.3 Å². The summed E-state index contributed by atoms with van der Waals surface area (Å²) in [7, 11) is 1.17. The van der Waals surface area contributed by atoms with Crippen molar-refractivity contribution in [3.05, 3.63) is 24.2 Å². The molecule has 0 aromatic carbocycles. The van der Waals surface area contributed by atoms with Crippen LogP contribution in [0, 0.1) is 28.1 Å². The summed E-state index contributed by atoms with van der Waals surface area (Å²) in [5.41, 5.74) is -14.7. The summed E-state index contributed by atoms with van der Waals surface area (Å²) in [5.74, 6) is -7.97. The van der Waals surface area contributed by atoms with Crippen molar-refractivity contribution in [2.45, 2.75) is 133 Å². The Kier molecular flexibility index (Phi) is 7.62. The standard InChI is InChI=1S/C36H46O16/c1-16(37)47-24(20-10-11-46-14-20)31(7)22-13-30(6)51-28-34(43)27(50-19(4)40)29(5)15-33(34,42)32(8,21(29)12-23(41)45-9)36(44,35(22,28)52-30)26(49-18(3)39)25(31)48-17(2)38/h10-11,14,21-22,24-28,42-44H,12-13,15H2,1-9H3/t21-,22+,24-,25-,26+,27-,28+,29+,30-,31+,32+,33+,34-,35+,36-/m0/s1. The number of rotatable bonds is 8. The predicted octanol–water partition coefficient (Wildman–Crippen LogP) is 1.41. The van der Waals surface area contributed by atoms with Gasteiger partial charge in [-0.05, 0) is 25.3 Å². The molecule has 2 saturated heterocycles. The summed E-state index contributed by atoms with van der Waals surface area (Å²) < 4.78 is 48.1. The first-order valence-electron chi connectivity index (χ1n) is 17.3. The minimum Gasteiger partial charge on any atom is -0.472 e. The van der Waals surface area contributed by atoms with Gasteiger partial charge >= 0.3 is 29.8 Å². The monoisotopic (exact) mass is 734 g/mol. The summed E-state index contributed by atoms with van der Waals surface area (Å²) in [6, 6.07) is 1.54. The molecule has 15 atom stereocenters. The lowest BCUT2D eigenvalue weighted by atomic mass is 9.32. The number of ether oxygens (including phenoxy) is 7. The third kappa shape index (κ3) is 3.87. The molecule has 7 rings (SSSR count). The molecule has 16 heteroatoms. The highest BCUT2D eigenvalue weighted by Gasteiger charge is 3.02. The molecule has 6 fully saturated rings. The Labute approximate surface area is 299 Å². The molecule has 4 bridgehead atoms. The van der Waals surface area contributed by atoms with E-state index in [0.29, 0.717) is 5.56 Å². The van der Waals surface area contributed by atoms with Crippen molar-refractivity contribution >= 4 is 29.8 Å². The molecular formula is C36H46O16. The van der Waals surface area contributed by atoms with Crippen molar-refractivity contribution in [3.8, 4) is 0 Å². The normalized spacial score (nSPS) is 49.5. The highest BCUT2D eigenvalue weighted by atomic mass is 16.8. The van der Waals surface area contributed by atoms with Crippen LogP contribution >= 0.6 is 0 Å². The summed E-state index contributed by atoms with van der Waals surface area (Å²) in [5, 5.41) is 40.8. The van der Waals surface area contributed by atoms with Crippen LogP contribution in [0.5, 0.6) is 0 Å². The summed E-state index contributed by atoms with van der Waals surface area (Å²) in [6.45, 7) is 10.8. The van der Waals surface area contributed by atoms with E-state index >= 15 is 0 Å². The van der Waals surface area contributed by atoms with Gasteiger partial charge in [-0.3, -0.25) is 24.0 Å². The van der Waals surface area contributed by atoms with E-state index in [1.165, 1.54) is 33.5 Å². The molecule has 3 heterocycles. The lowest BCUT2D eigenvalue weighted by molar-refractivity contribution is -0.440. The lowest BCUT2D eigenvalue weighted by Crippen LogP contribution is -2.96. The average molecular weight is 735 g/mol. The highest BCUT2D eigenvalue weighted by molar-refractivity contribution is 5.72. The van der Waals surface area contributed by atoms with Crippen LogP contribution in [0.3, 0.4) is 0 Å². The SMILES string of the molecule is COC(=O)C[C@H]1[C@@]2(C)C[C@]3(O)[C@@](O)([C@H]4O[C@]5(C)C[C@@H]6[C@](C)([C@@H](OC(C)=O)c7ccoc7)[C@@H](OC(C)=O)[C@@H](OC(C)=O)[C@@](O)([C@@]64O5)[C@]13C)[C@H]2OC(C)=O. The number of aliphatic hydroxyl groups is 3. The Morgan fingerprint density at radius 2 is 1.52 bits per heavy atom. The van der Waals surface area contributed by atoms with Crippen LogP contribution in [0.15, 0.2) is 23.0 Å². The molecule has 16 nitrogen and oxygen atoms in total. The third-order valence-electron chi connectivity index (χ3n) is 13.9. The van der Waals surface area contributed by atoms with Crippen LogP contribution in [0.4, 0.5) is 0 Å².